The lowest BCUT2D eigenvalue weighted by Gasteiger charge is -2.13. The Kier molecular flexibility index (Phi) is 4.74. The van der Waals surface area contributed by atoms with Gasteiger partial charge in [-0.15, -0.1) is 0 Å². The number of nitriles is 1. The molecule has 0 unspecified atom stereocenters. The number of nitrogen functional groups attached to an aromatic ring is 1. The number of benzene rings is 2. The maximum absolute atomic E-state index is 9.64. The Morgan fingerprint density at radius 1 is 1.04 bits per heavy atom. The topological polar surface area (TPSA) is 109 Å². The fourth-order valence-corrected chi connectivity index (χ4v) is 2.34. The summed E-state index contributed by atoms with van der Waals surface area (Å²) in [6.45, 7) is 0. The Hall–Kier alpha value is -3.63. The number of ether oxygens (including phenoxy) is 1. The molecular formula is C18H16N6O. The molecule has 7 nitrogen and oxygen atoms in total. The van der Waals surface area contributed by atoms with Gasteiger partial charge in [-0.2, -0.15) is 10.2 Å². The number of hydrogen-bond acceptors (Lipinski definition) is 7. The van der Waals surface area contributed by atoms with Crippen molar-refractivity contribution in [2.45, 2.75) is 0 Å². The van der Waals surface area contributed by atoms with E-state index < -0.39 is 0 Å². The summed E-state index contributed by atoms with van der Waals surface area (Å²) in [7, 11) is 1.60. The number of methoxy groups -OCH3 is 1. The van der Waals surface area contributed by atoms with Crippen molar-refractivity contribution in [3.05, 3.63) is 60.2 Å². The van der Waals surface area contributed by atoms with Crippen molar-refractivity contribution >= 4 is 17.5 Å². The van der Waals surface area contributed by atoms with E-state index in [1.807, 2.05) is 54.6 Å². The Labute approximate surface area is 145 Å². The molecule has 25 heavy (non-hydrogen) atoms. The first-order chi connectivity index (χ1) is 12.2. The van der Waals surface area contributed by atoms with Gasteiger partial charge < -0.3 is 10.1 Å². The van der Waals surface area contributed by atoms with E-state index in [0.717, 1.165) is 17.0 Å². The van der Waals surface area contributed by atoms with Gasteiger partial charge in [0.2, 0.25) is 5.95 Å². The van der Waals surface area contributed by atoms with E-state index in [0.29, 0.717) is 17.1 Å². The second-order valence-electron chi connectivity index (χ2n) is 5.10. The maximum Gasteiger partial charge on any atom is 0.239 e. The lowest BCUT2D eigenvalue weighted by molar-refractivity contribution is 0.415. The molecule has 0 aliphatic carbocycles. The highest BCUT2D eigenvalue weighted by Gasteiger charge is 2.16. The summed E-state index contributed by atoms with van der Waals surface area (Å²) in [6, 6.07) is 18.9. The van der Waals surface area contributed by atoms with Crippen LogP contribution >= 0.6 is 0 Å². The molecule has 0 saturated carbocycles. The van der Waals surface area contributed by atoms with Gasteiger partial charge in [-0.3, -0.25) is 5.43 Å². The molecule has 3 rings (SSSR count). The number of nitrogens with zero attached hydrogens (tertiary/aromatic N) is 3. The number of hydrogen-bond donors (Lipinski definition) is 3. The highest BCUT2D eigenvalue weighted by atomic mass is 16.5. The molecule has 4 N–H and O–H groups in total. The predicted molar refractivity (Wildman–Crippen MR) is 96.3 cm³/mol. The Morgan fingerprint density at radius 2 is 1.76 bits per heavy atom. The molecule has 0 bridgehead atoms. The molecule has 124 valence electrons. The zero-order valence-electron chi connectivity index (χ0n) is 13.5. The fraction of sp³-hybridized carbons (Fsp3) is 0.0556. The number of hydrazine groups is 1. The molecular weight excluding hydrogens is 316 g/mol. The van der Waals surface area contributed by atoms with E-state index in [-0.39, 0.29) is 5.95 Å². The van der Waals surface area contributed by atoms with Crippen molar-refractivity contribution in [1.29, 1.82) is 5.26 Å². The third-order valence-corrected chi connectivity index (χ3v) is 3.55. The summed E-state index contributed by atoms with van der Waals surface area (Å²) in [5.74, 6) is 6.81. The van der Waals surface area contributed by atoms with Crippen LogP contribution < -0.4 is 21.3 Å². The van der Waals surface area contributed by atoms with Gasteiger partial charge in [0.1, 0.15) is 17.4 Å². The summed E-state index contributed by atoms with van der Waals surface area (Å²) in [6.07, 6.45) is 0. The average Bonchev–Trinajstić information content (AvgIpc) is 2.68. The lowest BCUT2D eigenvalue weighted by atomic mass is 10.1. The SMILES string of the molecule is COc1ccc(Nc2nc(NN)nc(-c3ccccc3)c2C#N)cc1. The molecule has 0 radical (unpaired) electrons. The second-order valence-corrected chi connectivity index (χ2v) is 5.10. The molecule has 0 spiro atoms. The number of rotatable bonds is 5. The molecule has 0 saturated heterocycles. The van der Waals surface area contributed by atoms with Gasteiger partial charge in [0.05, 0.1) is 12.8 Å². The van der Waals surface area contributed by atoms with Crippen LogP contribution in [0.5, 0.6) is 5.75 Å². The Bertz CT molecular complexity index is 903. The monoisotopic (exact) mass is 332 g/mol. The van der Waals surface area contributed by atoms with Crippen LogP contribution in [0, 0.1) is 11.3 Å². The van der Waals surface area contributed by atoms with Crippen LogP contribution in [0.2, 0.25) is 0 Å². The van der Waals surface area contributed by atoms with Gasteiger partial charge in [-0.25, -0.2) is 10.8 Å². The van der Waals surface area contributed by atoms with E-state index in [1.54, 1.807) is 7.11 Å². The first-order valence-corrected chi connectivity index (χ1v) is 7.50. The van der Waals surface area contributed by atoms with Crippen LogP contribution in [0.3, 0.4) is 0 Å². The van der Waals surface area contributed by atoms with E-state index in [2.05, 4.69) is 26.8 Å². The second kappa shape index (κ2) is 7.29. The van der Waals surface area contributed by atoms with Gasteiger partial charge in [0, 0.05) is 11.3 Å². The molecule has 3 aromatic rings. The molecule has 2 aromatic carbocycles. The van der Waals surface area contributed by atoms with E-state index >= 15 is 0 Å². The minimum Gasteiger partial charge on any atom is -0.497 e. The fourth-order valence-electron chi connectivity index (χ4n) is 2.34. The number of anilines is 3. The van der Waals surface area contributed by atoms with Crippen LogP contribution in [0.25, 0.3) is 11.3 Å². The quantitative estimate of drug-likeness (QED) is 0.486. The molecule has 7 heteroatoms. The van der Waals surface area contributed by atoms with Crippen LogP contribution in [0.4, 0.5) is 17.5 Å². The molecule has 0 aliphatic rings. The van der Waals surface area contributed by atoms with Crippen LogP contribution in [0.1, 0.15) is 5.56 Å². The zero-order valence-corrected chi connectivity index (χ0v) is 13.5. The standard InChI is InChI=1S/C18H16N6O/c1-25-14-9-7-13(8-10-14)21-17-15(11-19)16(22-18(23-17)24-20)12-5-3-2-4-6-12/h2-10H,20H2,1H3,(H2,21,22,23,24). The number of nitrogens with two attached hydrogens (primary N) is 1. The van der Waals surface area contributed by atoms with Crippen molar-refractivity contribution in [3.63, 3.8) is 0 Å². The third-order valence-electron chi connectivity index (χ3n) is 3.55. The molecule has 1 aromatic heterocycles. The van der Waals surface area contributed by atoms with Gasteiger partial charge in [-0.1, -0.05) is 30.3 Å². The lowest BCUT2D eigenvalue weighted by Crippen LogP contribution is -2.13. The van der Waals surface area contributed by atoms with Gasteiger partial charge in [0.25, 0.3) is 0 Å². The smallest absolute Gasteiger partial charge is 0.239 e. The van der Waals surface area contributed by atoms with Crippen LogP contribution in [0.15, 0.2) is 54.6 Å². The minimum absolute atomic E-state index is 0.217. The summed E-state index contributed by atoms with van der Waals surface area (Å²) >= 11 is 0. The molecule has 0 amide bonds. The van der Waals surface area contributed by atoms with Crippen LogP contribution in [-0.2, 0) is 0 Å². The average molecular weight is 332 g/mol. The molecule has 1 heterocycles. The first-order valence-electron chi connectivity index (χ1n) is 7.50. The highest BCUT2D eigenvalue weighted by molar-refractivity contribution is 5.76. The highest BCUT2D eigenvalue weighted by Crippen LogP contribution is 2.29. The van der Waals surface area contributed by atoms with Crippen molar-refractivity contribution in [1.82, 2.24) is 9.97 Å². The van der Waals surface area contributed by atoms with E-state index in [4.69, 9.17) is 10.6 Å². The van der Waals surface area contributed by atoms with Gasteiger partial charge in [-0.05, 0) is 24.3 Å². The van der Waals surface area contributed by atoms with Crippen molar-refractivity contribution in [2.75, 3.05) is 17.9 Å². The van der Waals surface area contributed by atoms with E-state index in [9.17, 15) is 5.26 Å². The van der Waals surface area contributed by atoms with Crippen molar-refractivity contribution in [2.24, 2.45) is 5.84 Å². The van der Waals surface area contributed by atoms with E-state index in [1.165, 1.54) is 0 Å². The zero-order chi connectivity index (χ0) is 17.6. The summed E-state index contributed by atoms with van der Waals surface area (Å²) in [4.78, 5) is 8.61. The van der Waals surface area contributed by atoms with Crippen LogP contribution in [-0.4, -0.2) is 17.1 Å². The minimum atomic E-state index is 0.217. The Balaban J connectivity index is 2.07. The molecule has 0 aliphatic heterocycles. The van der Waals surface area contributed by atoms with Crippen molar-refractivity contribution in [3.8, 4) is 23.1 Å². The molecule has 0 atom stereocenters. The third kappa shape index (κ3) is 3.49. The Morgan fingerprint density at radius 3 is 2.36 bits per heavy atom. The first kappa shape index (κ1) is 16.2. The number of aromatic nitrogens is 2. The largest absolute Gasteiger partial charge is 0.497 e. The van der Waals surface area contributed by atoms with Gasteiger partial charge >= 0.3 is 0 Å². The van der Waals surface area contributed by atoms with Gasteiger partial charge in [0.15, 0.2) is 5.82 Å². The normalized spacial score (nSPS) is 9.96. The number of nitrogens with one attached hydrogen (secondary N) is 2. The van der Waals surface area contributed by atoms with Crippen molar-refractivity contribution < 1.29 is 4.74 Å². The summed E-state index contributed by atoms with van der Waals surface area (Å²) in [5.41, 5.74) is 4.84. The summed E-state index contributed by atoms with van der Waals surface area (Å²) in [5, 5.41) is 12.8. The predicted octanol–water partition coefficient (Wildman–Crippen LogP) is 3.05. The molecule has 0 fully saturated rings. The maximum atomic E-state index is 9.64. The summed E-state index contributed by atoms with van der Waals surface area (Å²) < 4.78 is 5.15.